The molecule has 0 fully saturated rings. The fraction of sp³-hybridized carbons (Fsp3) is 0.227. The molecule has 0 unspecified atom stereocenters. The third kappa shape index (κ3) is 4.02. The van der Waals surface area contributed by atoms with Crippen molar-refractivity contribution in [3.05, 3.63) is 53.7 Å². The molecule has 7 nitrogen and oxygen atoms in total. The number of fused-ring (bicyclic) bond motifs is 1. The van der Waals surface area contributed by atoms with Crippen LogP contribution in [0.15, 0.2) is 53.2 Å². The molecular formula is C22H20ClN3O4. The molecular weight excluding hydrogens is 406 g/mol. The van der Waals surface area contributed by atoms with Crippen molar-refractivity contribution in [1.29, 1.82) is 0 Å². The Hall–Kier alpha value is -3.32. The lowest BCUT2D eigenvalue weighted by atomic mass is 10.1. The van der Waals surface area contributed by atoms with Gasteiger partial charge in [0.2, 0.25) is 5.82 Å². The lowest BCUT2D eigenvalue weighted by molar-refractivity contribution is -0.137. The summed E-state index contributed by atoms with van der Waals surface area (Å²) in [7, 11) is 0. The smallest absolute Gasteiger partial charge is 0.305 e. The summed E-state index contributed by atoms with van der Waals surface area (Å²) in [5.41, 5.74) is 2.42. The van der Waals surface area contributed by atoms with Crippen LogP contribution in [-0.2, 0) is 11.3 Å². The molecule has 0 saturated carbocycles. The molecule has 0 atom stereocenters. The molecule has 30 heavy (non-hydrogen) atoms. The van der Waals surface area contributed by atoms with Crippen LogP contribution in [0.25, 0.3) is 33.7 Å². The SMILES string of the molecule is CC(C)Oc1ccc(-c2nc(-c3cccc4c3ccn4CCC(=O)O)no2)cc1Cl. The van der Waals surface area contributed by atoms with Gasteiger partial charge in [0.25, 0.3) is 5.89 Å². The van der Waals surface area contributed by atoms with E-state index in [-0.39, 0.29) is 12.5 Å². The van der Waals surface area contributed by atoms with Gasteiger partial charge in [-0.05, 0) is 44.2 Å². The summed E-state index contributed by atoms with van der Waals surface area (Å²) < 4.78 is 13.0. The molecule has 4 rings (SSSR count). The number of aryl methyl sites for hydroxylation is 1. The number of halogens is 1. The second-order valence-electron chi connectivity index (χ2n) is 7.13. The molecule has 2 heterocycles. The van der Waals surface area contributed by atoms with Gasteiger partial charge in [0, 0.05) is 34.8 Å². The molecule has 0 saturated heterocycles. The van der Waals surface area contributed by atoms with Crippen molar-refractivity contribution in [2.75, 3.05) is 0 Å². The number of benzene rings is 2. The molecule has 8 heteroatoms. The molecule has 1 N–H and O–H groups in total. The molecule has 0 aliphatic carbocycles. The van der Waals surface area contributed by atoms with Gasteiger partial charge in [-0.2, -0.15) is 4.98 Å². The number of hydrogen-bond acceptors (Lipinski definition) is 5. The molecule has 0 radical (unpaired) electrons. The molecule has 154 valence electrons. The Morgan fingerprint density at radius 2 is 2.10 bits per heavy atom. The summed E-state index contributed by atoms with van der Waals surface area (Å²) in [5.74, 6) is 0.567. The van der Waals surface area contributed by atoms with Crippen molar-refractivity contribution >= 4 is 28.5 Å². The maximum atomic E-state index is 10.9. The second kappa shape index (κ2) is 8.20. The molecule has 4 aromatic rings. The summed E-state index contributed by atoms with van der Waals surface area (Å²) in [5, 5.41) is 14.5. The molecule has 0 amide bonds. The highest BCUT2D eigenvalue weighted by atomic mass is 35.5. The van der Waals surface area contributed by atoms with E-state index < -0.39 is 5.97 Å². The molecule has 0 bridgehead atoms. The number of carbonyl (C=O) groups is 1. The van der Waals surface area contributed by atoms with E-state index in [9.17, 15) is 4.79 Å². The zero-order valence-corrected chi connectivity index (χ0v) is 17.3. The first-order valence-electron chi connectivity index (χ1n) is 9.52. The number of aliphatic carboxylic acids is 1. The lowest BCUT2D eigenvalue weighted by Gasteiger charge is -2.11. The van der Waals surface area contributed by atoms with E-state index in [4.69, 9.17) is 26.0 Å². The predicted molar refractivity (Wildman–Crippen MR) is 114 cm³/mol. The number of carboxylic acid groups (broad SMARTS) is 1. The third-order valence-electron chi connectivity index (χ3n) is 4.59. The number of nitrogens with zero attached hydrogens (tertiary/aromatic N) is 3. The van der Waals surface area contributed by atoms with Crippen molar-refractivity contribution < 1.29 is 19.2 Å². The number of rotatable bonds is 7. The van der Waals surface area contributed by atoms with Crippen LogP contribution in [0.5, 0.6) is 5.75 Å². The largest absolute Gasteiger partial charge is 0.489 e. The zero-order valence-electron chi connectivity index (χ0n) is 16.5. The Labute approximate surface area is 177 Å². The van der Waals surface area contributed by atoms with Gasteiger partial charge in [-0.1, -0.05) is 28.9 Å². The van der Waals surface area contributed by atoms with Crippen LogP contribution in [0.4, 0.5) is 0 Å². The van der Waals surface area contributed by atoms with E-state index in [0.29, 0.717) is 34.6 Å². The predicted octanol–water partition coefficient (Wildman–Crippen LogP) is 5.27. The fourth-order valence-electron chi connectivity index (χ4n) is 3.26. The van der Waals surface area contributed by atoms with Crippen LogP contribution in [0.2, 0.25) is 5.02 Å². The van der Waals surface area contributed by atoms with Crippen LogP contribution >= 0.6 is 11.6 Å². The van der Waals surface area contributed by atoms with E-state index in [1.165, 1.54) is 0 Å². The highest BCUT2D eigenvalue weighted by Gasteiger charge is 2.16. The van der Waals surface area contributed by atoms with Crippen molar-refractivity contribution in [3.8, 4) is 28.6 Å². The first-order valence-corrected chi connectivity index (χ1v) is 9.90. The van der Waals surface area contributed by atoms with Crippen LogP contribution in [-0.4, -0.2) is 31.9 Å². The normalized spacial score (nSPS) is 11.3. The standard InChI is InChI=1S/C22H20ClN3O4/c1-13(2)29-19-7-6-14(12-17(19)23)22-24-21(25-30-22)16-4-3-5-18-15(16)8-10-26(18)11-9-20(27)28/h3-8,10,12-13H,9,11H2,1-2H3,(H,27,28). The monoisotopic (exact) mass is 425 g/mol. The van der Waals surface area contributed by atoms with Crippen molar-refractivity contribution in [1.82, 2.24) is 14.7 Å². The van der Waals surface area contributed by atoms with Crippen molar-refractivity contribution in [2.24, 2.45) is 0 Å². The maximum absolute atomic E-state index is 10.9. The molecule has 0 spiro atoms. The summed E-state index contributed by atoms with van der Waals surface area (Å²) in [6, 6.07) is 13.0. The van der Waals surface area contributed by atoms with Crippen LogP contribution in [0, 0.1) is 0 Å². The molecule has 2 aromatic carbocycles. The summed E-state index contributed by atoms with van der Waals surface area (Å²) in [4.78, 5) is 15.4. The highest BCUT2D eigenvalue weighted by Crippen LogP contribution is 2.33. The first kappa shape index (κ1) is 20.0. The maximum Gasteiger partial charge on any atom is 0.305 e. The number of hydrogen-bond donors (Lipinski definition) is 1. The number of ether oxygens (including phenoxy) is 1. The Kier molecular flexibility index (Phi) is 5.46. The van der Waals surface area contributed by atoms with E-state index in [1.807, 2.05) is 54.9 Å². The molecule has 0 aliphatic heterocycles. The van der Waals surface area contributed by atoms with Gasteiger partial charge in [0.1, 0.15) is 5.75 Å². The average Bonchev–Trinajstić information content (AvgIpc) is 3.34. The number of carboxylic acids is 1. The average molecular weight is 426 g/mol. The van der Waals surface area contributed by atoms with Crippen molar-refractivity contribution in [2.45, 2.75) is 32.9 Å². The minimum atomic E-state index is -0.834. The summed E-state index contributed by atoms with van der Waals surface area (Å²) in [6.45, 7) is 4.26. The Morgan fingerprint density at radius 3 is 2.83 bits per heavy atom. The second-order valence-corrected chi connectivity index (χ2v) is 7.53. The van der Waals surface area contributed by atoms with Gasteiger partial charge < -0.3 is 18.9 Å². The van der Waals surface area contributed by atoms with E-state index in [2.05, 4.69) is 10.1 Å². The minimum absolute atomic E-state index is 0.0200. The first-order chi connectivity index (χ1) is 14.4. The van der Waals surface area contributed by atoms with Gasteiger partial charge in [-0.3, -0.25) is 4.79 Å². The van der Waals surface area contributed by atoms with E-state index >= 15 is 0 Å². The molecule has 2 aromatic heterocycles. The van der Waals surface area contributed by atoms with Crippen LogP contribution < -0.4 is 4.74 Å². The van der Waals surface area contributed by atoms with Crippen LogP contribution in [0.3, 0.4) is 0 Å². The Balaban J connectivity index is 1.65. The third-order valence-corrected chi connectivity index (χ3v) is 4.88. The van der Waals surface area contributed by atoms with Gasteiger partial charge in [0.15, 0.2) is 0 Å². The Morgan fingerprint density at radius 1 is 1.27 bits per heavy atom. The van der Waals surface area contributed by atoms with E-state index in [0.717, 1.165) is 16.5 Å². The zero-order chi connectivity index (χ0) is 21.3. The van der Waals surface area contributed by atoms with E-state index in [1.54, 1.807) is 12.1 Å². The van der Waals surface area contributed by atoms with Gasteiger partial charge in [-0.25, -0.2) is 0 Å². The lowest BCUT2D eigenvalue weighted by Crippen LogP contribution is -2.05. The van der Waals surface area contributed by atoms with Crippen molar-refractivity contribution in [3.63, 3.8) is 0 Å². The minimum Gasteiger partial charge on any atom is -0.489 e. The highest BCUT2D eigenvalue weighted by molar-refractivity contribution is 6.32. The topological polar surface area (TPSA) is 90.4 Å². The molecule has 0 aliphatic rings. The summed E-state index contributed by atoms with van der Waals surface area (Å²) in [6.07, 6.45) is 1.94. The van der Waals surface area contributed by atoms with Gasteiger partial charge in [0.05, 0.1) is 17.5 Å². The van der Waals surface area contributed by atoms with Gasteiger partial charge >= 0.3 is 5.97 Å². The summed E-state index contributed by atoms with van der Waals surface area (Å²) >= 11 is 6.32. The fourth-order valence-corrected chi connectivity index (χ4v) is 3.49. The Bertz CT molecular complexity index is 1210. The van der Waals surface area contributed by atoms with Gasteiger partial charge in [-0.15, -0.1) is 0 Å². The quantitative estimate of drug-likeness (QED) is 0.433. The number of aromatic nitrogens is 3. The van der Waals surface area contributed by atoms with Crippen LogP contribution in [0.1, 0.15) is 20.3 Å².